The number of hydrogen-bond donors (Lipinski definition) is 1. The number of anilines is 1. The van der Waals surface area contributed by atoms with Gasteiger partial charge in [-0.2, -0.15) is 0 Å². The first-order chi connectivity index (χ1) is 19.4. The summed E-state index contributed by atoms with van der Waals surface area (Å²) in [5, 5.41) is 2.59. The van der Waals surface area contributed by atoms with Crippen LogP contribution in [0.3, 0.4) is 0 Å². The van der Waals surface area contributed by atoms with Crippen molar-refractivity contribution in [3.05, 3.63) is 95.6 Å². The van der Waals surface area contributed by atoms with Crippen molar-refractivity contribution < 1.29 is 28.7 Å². The maximum Gasteiger partial charge on any atom is 0.338 e. The van der Waals surface area contributed by atoms with Crippen molar-refractivity contribution in [3.63, 3.8) is 0 Å². The average Bonchev–Trinajstić information content (AvgIpc) is 3.23. The third kappa shape index (κ3) is 7.35. The molecule has 10 heteroatoms. The zero-order valence-corrected chi connectivity index (χ0v) is 23.0. The maximum atomic E-state index is 13.4. The van der Waals surface area contributed by atoms with E-state index >= 15 is 0 Å². The van der Waals surface area contributed by atoms with Gasteiger partial charge in [-0.1, -0.05) is 42.1 Å². The smallest absolute Gasteiger partial charge is 0.338 e. The minimum absolute atomic E-state index is 0.0603. The van der Waals surface area contributed by atoms with E-state index in [0.29, 0.717) is 34.2 Å². The lowest BCUT2D eigenvalue weighted by Crippen LogP contribution is -2.33. The van der Waals surface area contributed by atoms with Gasteiger partial charge in [0.25, 0.3) is 0 Å². The van der Waals surface area contributed by atoms with Crippen molar-refractivity contribution in [1.29, 1.82) is 0 Å². The SMILES string of the molecule is CCOC(=O)c1ccc(N=C2S[C@H](CC(=O)Nc3ccc(C(=O)OCC)cc3)C(=O)N2Cc2ccccc2)cc1. The number of aliphatic imine (C=N–C) groups is 1. The molecule has 1 aliphatic rings. The first-order valence-corrected chi connectivity index (χ1v) is 13.7. The van der Waals surface area contributed by atoms with Crippen molar-refractivity contribution in [2.24, 2.45) is 4.99 Å². The van der Waals surface area contributed by atoms with Gasteiger partial charge in [0.2, 0.25) is 11.8 Å². The summed E-state index contributed by atoms with van der Waals surface area (Å²) in [6, 6.07) is 22.5. The second-order valence-corrected chi connectivity index (χ2v) is 9.90. The fourth-order valence-electron chi connectivity index (χ4n) is 3.92. The predicted octanol–water partition coefficient (Wildman–Crippen LogP) is 5.20. The zero-order chi connectivity index (χ0) is 28.5. The summed E-state index contributed by atoms with van der Waals surface area (Å²) in [5.41, 5.74) is 2.79. The van der Waals surface area contributed by atoms with E-state index in [1.165, 1.54) is 11.8 Å². The fraction of sp³-hybridized carbons (Fsp3) is 0.233. The standard InChI is InChI=1S/C30H29N3O6S/c1-3-38-28(36)21-10-14-23(15-11-21)31-26(34)18-25-27(35)33(19-20-8-6-5-7-9-20)30(40-25)32-24-16-12-22(13-17-24)29(37)39-4-2/h5-17,25H,3-4,18-19H2,1-2H3,(H,31,34)/t25-/m1/s1. The van der Waals surface area contributed by atoms with Crippen LogP contribution in [-0.4, -0.2) is 52.3 Å². The lowest BCUT2D eigenvalue weighted by Gasteiger charge is -2.16. The third-order valence-electron chi connectivity index (χ3n) is 5.86. The number of amidine groups is 1. The lowest BCUT2D eigenvalue weighted by atomic mass is 10.2. The summed E-state index contributed by atoms with van der Waals surface area (Å²) in [6.07, 6.45) is -0.0603. The summed E-state index contributed by atoms with van der Waals surface area (Å²) in [5.74, 6) is -1.41. The van der Waals surface area contributed by atoms with E-state index in [0.717, 1.165) is 5.56 Å². The molecule has 1 atom stereocenters. The van der Waals surface area contributed by atoms with E-state index in [1.807, 2.05) is 30.3 Å². The Labute approximate surface area is 236 Å². The Morgan fingerprint density at radius 3 is 2.00 bits per heavy atom. The highest BCUT2D eigenvalue weighted by Crippen LogP contribution is 2.33. The molecule has 1 heterocycles. The van der Waals surface area contributed by atoms with Crippen molar-refractivity contribution >= 4 is 52.1 Å². The summed E-state index contributed by atoms with van der Waals surface area (Å²) in [4.78, 5) is 56.4. The van der Waals surface area contributed by atoms with Gasteiger partial charge in [-0.05, 0) is 67.9 Å². The molecule has 9 nitrogen and oxygen atoms in total. The van der Waals surface area contributed by atoms with Gasteiger partial charge >= 0.3 is 11.9 Å². The number of carbonyl (C=O) groups excluding carboxylic acids is 4. The number of rotatable bonds is 10. The molecule has 0 unspecified atom stereocenters. The van der Waals surface area contributed by atoms with Crippen LogP contribution in [0.25, 0.3) is 0 Å². The van der Waals surface area contributed by atoms with Gasteiger partial charge in [0.15, 0.2) is 5.17 Å². The van der Waals surface area contributed by atoms with Gasteiger partial charge < -0.3 is 14.8 Å². The minimum atomic E-state index is -0.667. The first kappa shape index (κ1) is 28.6. The van der Waals surface area contributed by atoms with Crippen LogP contribution in [-0.2, 0) is 25.6 Å². The topological polar surface area (TPSA) is 114 Å². The second-order valence-electron chi connectivity index (χ2n) is 8.73. The molecule has 0 spiro atoms. The van der Waals surface area contributed by atoms with Crippen LogP contribution < -0.4 is 5.32 Å². The van der Waals surface area contributed by atoms with E-state index in [4.69, 9.17) is 9.47 Å². The average molecular weight is 560 g/mol. The molecule has 0 aromatic heterocycles. The molecule has 1 aliphatic heterocycles. The number of benzene rings is 3. The molecule has 1 saturated heterocycles. The molecule has 1 N–H and O–H groups in total. The molecule has 40 heavy (non-hydrogen) atoms. The van der Waals surface area contributed by atoms with Crippen molar-refractivity contribution in [2.45, 2.75) is 32.1 Å². The van der Waals surface area contributed by atoms with E-state index in [9.17, 15) is 19.2 Å². The van der Waals surface area contributed by atoms with E-state index in [2.05, 4.69) is 10.3 Å². The van der Waals surface area contributed by atoms with Gasteiger partial charge in [0.05, 0.1) is 36.6 Å². The molecule has 206 valence electrons. The number of esters is 2. The number of nitrogens with zero attached hydrogens (tertiary/aromatic N) is 2. The summed E-state index contributed by atoms with van der Waals surface area (Å²) in [6.45, 7) is 4.33. The predicted molar refractivity (Wildman–Crippen MR) is 154 cm³/mol. The number of hydrogen-bond acceptors (Lipinski definition) is 8. The Balaban J connectivity index is 1.48. The summed E-state index contributed by atoms with van der Waals surface area (Å²) < 4.78 is 10.0. The Bertz CT molecular complexity index is 1390. The summed E-state index contributed by atoms with van der Waals surface area (Å²) in [7, 11) is 0. The monoisotopic (exact) mass is 559 g/mol. The number of carbonyl (C=O) groups is 4. The minimum Gasteiger partial charge on any atom is -0.462 e. The van der Waals surface area contributed by atoms with Crippen LogP contribution in [0.5, 0.6) is 0 Å². The molecular formula is C30H29N3O6S. The molecular weight excluding hydrogens is 530 g/mol. The molecule has 0 bridgehead atoms. The van der Waals surface area contributed by atoms with Crippen molar-refractivity contribution in [1.82, 2.24) is 4.90 Å². The molecule has 3 aromatic carbocycles. The number of nitrogens with one attached hydrogen (secondary N) is 1. The van der Waals surface area contributed by atoms with Crippen LogP contribution in [0.15, 0.2) is 83.9 Å². The second kappa shape index (κ2) is 13.6. The molecule has 2 amide bonds. The van der Waals surface area contributed by atoms with Crippen LogP contribution in [0, 0.1) is 0 Å². The Hall–Kier alpha value is -4.44. The van der Waals surface area contributed by atoms with Crippen LogP contribution >= 0.6 is 11.8 Å². The molecule has 0 aliphatic carbocycles. The van der Waals surface area contributed by atoms with Gasteiger partial charge in [-0.25, -0.2) is 14.6 Å². The fourth-order valence-corrected chi connectivity index (χ4v) is 5.08. The van der Waals surface area contributed by atoms with Crippen LogP contribution in [0.4, 0.5) is 11.4 Å². The molecule has 4 rings (SSSR count). The van der Waals surface area contributed by atoms with Gasteiger partial charge in [-0.3, -0.25) is 14.5 Å². The van der Waals surface area contributed by atoms with Crippen molar-refractivity contribution in [2.75, 3.05) is 18.5 Å². The quantitative estimate of drug-likeness (QED) is 0.340. The normalized spacial score (nSPS) is 15.7. The van der Waals surface area contributed by atoms with Crippen LogP contribution in [0.2, 0.25) is 0 Å². The zero-order valence-electron chi connectivity index (χ0n) is 22.2. The van der Waals surface area contributed by atoms with Crippen molar-refractivity contribution in [3.8, 4) is 0 Å². The van der Waals surface area contributed by atoms with Gasteiger partial charge in [0, 0.05) is 12.1 Å². The highest BCUT2D eigenvalue weighted by molar-refractivity contribution is 8.15. The Kier molecular flexibility index (Phi) is 9.69. The number of amides is 2. The lowest BCUT2D eigenvalue weighted by molar-refractivity contribution is -0.128. The highest BCUT2D eigenvalue weighted by atomic mass is 32.2. The van der Waals surface area contributed by atoms with E-state index in [-0.39, 0.29) is 31.4 Å². The molecule has 0 saturated carbocycles. The Morgan fingerprint density at radius 2 is 1.43 bits per heavy atom. The Morgan fingerprint density at radius 1 is 0.850 bits per heavy atom. The highest BCUT2D eigenvalue weighted by Gasteiger charge is 2.39. The maximum absolute atomic E-state index is 13.4. The summed E-state index contributed by atoms with van der Waals surface area (Å²) >= 11 is 1.22. The number of thioether (sulfide) groups is 1. The molecule has 1 fully saturated rings. The van der Waals surface area contributed by atoms with Crippen LogP contribution in [0.1, 0.15) is 46.5 Å². The third-order valence-corrected chi connectivity index (χ3v) is 7.03. The van der Waals surface area contributed by atoms with Gasteiger partial charge in [0.1, 0.15) is 5.25 Å². The number of ether oxygens (including phenoxy) is 2. The largest absolute Gasteiger partial charge is 0.462 e. The van der Waals surface area contributed by atoms with Gasteiger partial charge in [-0.15, -0.1) is 0 Å². The molecule has 3 aromatic rings. The first-order valence-electron chi connectivity index (χ1n) is 12.8. The molecule has 0 radical (unpaired) electrons. The van der Waals surface area contributed by atoms with E-state index < -0.39 is 17.2 Å². The van der Waals surface area contributed by atoms with E-state index in [1.54, 1.807) is 67.3 Å².